The summed E-state index contributed by atoms with van der Waals surface area (Å²) in [5, 5.41) is 21.6. The number of aromatic nitrogens is 1. The Bertz CT molecular complexity index is 1140. The van der Waals surface area contributed by atoms with Crippen molar-refractivity contribution < 1.29 is 14.8 Å². The number of hydrogen-bond donors (Lipinski definition) is 2. The van der Waals surface area contributed by atoms with Gasteiger partial charge in [0, 0.05) is 30.1 Å². The fourth-order valence-electron chi connectivity index (χ4n) is 4.57. The van der Waals surface area contributed by atoms with Crippen molar-refractivity contribution in [3.05, 3.63) is 70.6 Å². The van der Waals surface area contributed by atoms with E-state index < -0.39 is 12.1 Å². The van der Waals surface area contributed by atoms with E-state index in [9.17, 15) is 20.0 Å². The van der Waals surface area contributed by atoms with Crippen molar-refractivity contribution >= 4 is 28.4 Å². The highest BCUT2D eigenvalue weighted by Crippen LogP contribution is 2.42. The van der Waals surface area contributed by atoms with E-state index in [4.69, 9.17) is 0 Å². The van der Waals surface area contributed by atoms with Crippen LogP contribution in [0, 0.1) is 5.21 Å². The van der Waals surface area contributed by atoms with Crippen LogP contribution in [0.3, 0.4) is 0 Å². The van der Waals surface area contributed by atoms with Gasteiger partial charge in [0.05, 0.1) is 18.3 Å². The molecule has 8 nitrogen and oxygen atoms in total. The molecule has 148 valence electrons. The predicted octanol–water partition coefficient (Wildman–Crippen LogP) is 2.18. The summed E-state index contributed by atoms with van der Waals surface area (Å²) >= 11 is 0. The third-order valence-corrected chi connectivity index (χ3v) is 5.86. The number of nitrogens with zero attached hydrogens (tertiary/aromatic N) is 3. The summed E-state index contributed by atoms with van der Waals surface area (Å²) in [5.41, 5.74) is 3.48. The zero-order valence-electron chi connectivity index (χ0n) is 15.7. The summed E-state index contributed by atoms with van der Waals surface area (Å²) in [6, 6.07) is 13.2. The molecular formula is C21H19N4O4-. The Morgan fingerprint density at radius 3 is 2.76 bits per heavy atom. The zero-order chi connectivity index (χ0) is 20.3. The van der Waals surface area contributed by atoms with Gasteiger partial charge in [-0.2, -0.15) is 0 Å². The molecule has 1 aromatic heterocycles. The first kappa shape index (κ1) is 17.7. The van der Waals surface area contributed by atoms with Gasteiger partial charge in [-0.05, 0) is 29.3 Å². The lowest BCUT2D eigenvalue weighted by atomic mass is 9.86. The number of anilines is 1. The second-order valence-corrected chi connectivity index (χ2v) is 7.55. The van der Waals surface area contributed by atoms with Crippen LogP contribution in [0.4, 0.5) is 5.69 Å². The summed E-state index contributed by atoms with van der Waals surface area (Å²) < 4.78 is 0. The van der Waals surface area contributed by atoms with Gasteiger partial charge in [-0.25, -0.2) is 0 Å². The number of amides is 2. The van der Waals surface area contributed by atoms with Gasteiger partial charge in [-0.3, -0.25) is 14.8 Å². The largest absolute Gasteiger partial charge is 0.733 e. The van der Waals surface area contributed by atoms with E-state index in [1.807, 2.05) is 24.3 Å². The molecule has 3 aromatic rings. The smallest absolute Gasteiger partial charge is 0.245 e. The van der Waals surface area contributed by atoms with Gasteiger partial charge in [0.1, 0.15) is 6.04 Å². The van der Waals surface area contributed by atoms with Gasteiger partial charge in [0.2, 0.25) is 11.8 Å². The molecule has 0 bridgehead atoms. The molecule has 2 aliphatic rings. The van der Waals surface area contributed by atoms with E-state index in [0.29, 0.717) is 12.0 Å². The van der Waals surface area contributed by atoms with Gasteiger partial charge < -0.3 is 25.2 Å². The number of aromatic amines is 1. The topological polar surface area (TPSA) is 103 Å². The molecule has 1 fully saturated rings. The van der Waals surface area contributed by atoms with E-state index in [1.165, 1.54) is 11.0 Å². The third-order valence-electron chi connectivity index (χ3n) is 5.86. The molecule has 2 aliphatic heterocycles. The molecular weight excluding hydrogens is 372 g/mol. The molecule has 1 saturated heterocycles. The van der Waals surface area contributed by atoms with E-state index in [1.54, 1.807) is 30.1 Å². The monoisotopic (exact) mass is 391 g/mol. The number of likely N-dealkylation sites (N-methyl/N-ethyl adjacent to an activating group) is 1. The predicted molar refractivity (Wildman–Crippen MR) is 106 cm³/mol. The SMILES string of the molecule is CN1CC(=O)N2C(c3cccc(N([O-])O)c3)c3[nH]c4ccccc4c3C[C@H]2C1=O. The van der Waals surface area contributed by atoms with E-state index in [-0.39, 0.29) is 29.3 Å². The van der Waals surface area contributed by atoms with Gasteiger partial charge >= 0.3 is 0 Å². The van der Waals surface area contributed by atoms with Crippen LogP contribution >= 0.6 is 0 Å². The first-order chi connectivity index (χ1) is 14.0. The van der Waals surface area contributed by atoms with E-state index in [2.05, 4.69) is 4.98 Å². The number of nitrogens with one attached hydrogen (secondary N) is 1. The van der Waals surface area contributed by atoms with Crippen LogP contribution in [0.2, 0.25) is 0 Å². The maximum Gasteiger partial charge on any atom is 0.245 e. The first-order valence-corrected chi connectivity index (χ1v) is 9.37. The second-order valence-electron chi connectivity index (χ2n) is 7.55. The summed E-state index contributed by atoms with van der Waals surface area (Å²) in [6.07, 6.45) is 0.429. The van der Waals surface area contributed by atoms with Crippen molar-refractivity contribution in [1.82, 2.24) is 14.8 Å². The minimum absolute atomic E-state index is 0.00870. The second kappa shape index (κ2) is 6.33. The zero-order valence-corrected chi connectivity index (χ0v) is 15.7. The molecule has 0 spiro atoms. The summed E-state index contributed by atoms with van der Waals surface area (Å²) in [5.74, 6) is -0.255. The van der Waals surface area contributed by atoms with Crippen LogP contribution in [-0.2, 0) is 16.0 Å². The van der Waals surface area contributed by atoms with Crippen LogP contribution in [0.1, 0.15) is 22.9 Å². The average molecular weight is 391 g/mol. The first-order valence-electron chi connectivity index (χ1n) is 9.37. The van der Waals surface area contributed by atoms with Crippen LogP contribution in [0.5, 0.6) is 0 Å². The Morgan fingerprint density at radius 1 is 1.17 bits per heavy atom. The highest BCUT2D eigenvalue weighted by atomic mass is 16.8. The number of hydrogen-bond acceptors (Lipinski definition) is 5. The lowest BCUT2D eigenvalue weighted by Crippen LogP contribution is -2.62. The Hall–Kier alpha value is -3.36. The van der Waals surface area contributed by atoms with Gasteiger partial charge in [-0.15, -0.1) is 0 Å². The number of piperazine rings is 1. The maximum absolute atomic E-state index is 13.0. The third kappa shape index (κ3) is 2.60. The normalized spacial score (nSPS) is 21.3. The average Bonchev–Trinajstić information content (AvgIpc) is 3.09. The molecule has 8 heteroatoms. The minimum atomic E-state index is -0.612. The number of H-pyrrole nitrogens is 1. The number of fused-ring (bicyclic) bond motifs is 4. The highest BCUT2D eigenvalue weighted by Gasteiger charge is 2.47. The number of para-hydroxylation sites is 1. The molecule has 2 atom stereocenters. The Morgan fingerprint density at radius 2 is 1.97 bits per heavy atom. The molecule has 2 aromatic carbocycles. The minimum Gasteiger partial charge on any atom is -0.733 e. The molecule has 29 heavy (non-hydrogen) atoms. The van der Waals surface area contributed by atoms with Gasteiger partial charge in [0.25, 0.3) is 0 Å². The van der Waals surface area contributed by atoms with Crippen LogP contribution in [-0.4, -0.2) is 51.4 Å². The molecule has 1 unspecified atom stereocenters. The number of carbonyl (C=O) groups excluding carboxylic acids is 2. The molecule has 2 amide bonds. The standard InChI is InChI=1S/C21H19N4O4/c1-23-11-18(26)24-17(21(23)27)10-15-14-7-2-3-8-16(14)22-19(15)20(24)12-5-4-6-13(9-12)25(28)29/h2-9,17,20,22,28H,10-11H2,1H3/q-1/t17-,20?/m0/s1. The Labute approximate surface area is 166 Å². The van der Waals surface area contributed by atoms with Crippen LogP contribution < -0.4 is 5.23 Å². The van der Waals surface area contributed by atoms with Crippen LogP contribution in [0.25, 0.3) is 10.9 Å². The van der Waals surface area contributed by atoms with Crippen LogP contribution in [0.15, 0.2) is 48.5 Å². The van der Waals surface area contributed by atoms with Crippen molar-refractivity contribution in [2.45, 2.75) is 18.5 Å². The Kier molecular flexibility index (Phi) is 3.87. The van der Waals surface area contributed by atoms with E-state index >= 15 is 0 Å². The van der Waals surface area contributed by atoms with Gasteiger partial charge in [-0.1, -0.05) is 30.3 Å². The maximum atomic E-state index is 13.0. The molecule has 0 radical (unpaired) electrons. The summed E-state index contributed by atoms with van der Waals surface area (Å²) in [6.45, 7) is 0.00870. The lowest BCUT2D eigenvalue weighted by molar-refractivity contribution is -0.157. The van der Waals surface area contributed by atoms with Crippen molar-refractivity contribution in [2.75, 3.05) is 18.8 Å². The Balaban J connectivity index is 1.75. The molecule has 0 aliphatic carbocycles. The number of benzene rings is 2. The number of carbonyl (C=O) groups is 2. The fraction of sp³-hybridized carbons (Fsp3) is 0.238. The van der Waals surface area contributed by atoms with Crippen molar-refractivity contribution in [3.63, 3.8) is 0 Å². The lowest BCUT2D eigenvalue weighted by Gasteiger charge is -2.46. The molecule has 5 rings (SSSR count). The van der Waals surface area contributed by atoms with Crippen molar-refractivity contribution in [3.8, 4) is 0 Å². The molecule has 2 N–H and O–H groups in total. The highest BCUT2D eigenvalue weighted by molar-refractivity contribution is 5.97. The van der Waals surface area contributed by atoms with Crippen molar-refractivity contribution in [2.24, 2.45) is 0 Å². The molecule has 0 saturated carbocycles. The number of rotatable bonds is 2. The quantitative estimate of drug-likeness (QED) is 0.652. The summed E-state index contributed by atoms with van der Waals surface area (Å²) in [4.78, 5) is 32.5. The van der Waals surface area contributed by atoms with Crippen molar-refractivity contribution in [1.29, 1.82) is 0 Å². The fourth-order valence-corrected chi connectivity index (χ4v) is 4.57. The molecule has 3 heterocycles. The summed E-state index contributed by atoms with van der Waals surface area (Å²) in [7, 11) is 1.64. The van der Waals surface area contributed by atoms with Gasteiger partial charge in [0.15, 0.2) is 0 Å². The van der Waals surface area contributed by atoms with E-state index in [0.717, 1.165) is 22.2 Å².